The number of rotatable bonds is 6. The van der Waals surface area contributed by atoms with Gasteiger partial charge in [0.25, 0.3) is 21.6 Å². The summed E-state index contributed by atoms with van der Waals surface area (Å²) in [6.07, 6.45) is 0. The molecule has 0 spiro atoms. The third-order valence-electron chi connectivity index (χ3n) is 4.52. The minimum absolute atomic E-state index is 0.0326. The molecule has 0 unspecified atom stereocenters. The maximum atomic E-state index is 12.8. The minimum atomic E-state index is -3.92. The zero-order valence-electron chi connectivity index (χ0n) is 16.2. The topological polar surface area (TPSA) is 118 Å². The highest BCUT2D eigenvalue weighted by Gasteiger charge is 2.20. The van der Waals surface area contributed by atoms with Crippen molar-refractivity contribution in [3.63, 3.8) is 0 Å². The number of benzene rings is 3. The second kappa shape index (κ2) is 8.34. The molecule has 0 radical (unpaired) electrons. The lowest BCUT2D eigenvalue weighted by Crippen LogP contribution is -2.17. The van der Waals surface area contributed by atoms with Gasteiger partial charge in [0.1, 0.15) is 0 Å². The van der Waals surface area contributed by atoms with Gasteiger partial charge in [-0.25, -0.2) is 8.42 Å². The lowest BCUT2D eigenvalue weighted by atomic mass is 10.1. The molecule has 0 heterocycles. The Morgan fingerprint density at radius 1 is 0.967 bits per heavy atom. The van der Waals surface area contributed by atoms with Gasteiger partial charge in [-0.05, 0) is 49.7 Å². The highest BCUT2D eigenvalue weighted by atomic mass is 32.2. The Bertz CT molecular complexity index is 1220. The van der Waals surface area contributed by atoms with Crippen LogP contribution in [0.3, 0.4) is 0 Å². The Balaban J connectivity index is 1.91. The fraction of sp³-hybridized carbons (Fsp3) is 0.0952. The quantitative estimate of drug-likeness (QED) is 0.452. The third-order valence-corrected chi connectivity index (χ3v) is 6.04. The van der Waals surface area contributed by atoms with Gasteiger partial charge in [0.2, 0.25) is 0 Å². The van der Waals surface area contributed by atoms with Gasteiger partial charge in [0, 0.05) is 17.3 Å². The second-order valence-corrected chi connectivity index (χ2v) is 8.26. The van der Waals surface area contributed by atoms with Crippen molar-refractivity contribution in [1.82, 2.24) is 0 Å². The molecule has 3 aromatic carbocycles. The van der Waals surface area contributed by atoms with Gasteiger partial charge in [0.05, 0.1) is 21.1 Å². The molecular weight excluding hydrogens is 406 g/mol. The van der Waals surface area contributed by atoms with Crippen molar-refractivity contribution in [3.8, 4) is 0 Å². The monoisotopic (exact) mass is 425 g/mol. The van der Waals surface area contributed by atoms with Crippen LogP contribution in [-0.2, 0) is 10.0 Å². The van der Waals surface area contributed by atoms with E-state index >= 15 is 0 Å². The molecule has 0 aliphatic rings. The number of carbonyl (C=O) groups excluding carboxylic acids is 1. The van der Waals surface area contributed by atoms with E-state index < -0.39 is 20.9 Å². The Morgan fingerprint density at radius 3 is 2.33 bits per heavy atom. The van der Waals surface area contributed by atoms with E-state index in [4.69, 9.17) is 0 Å². The fourth-order valence-electron chi connectivity index (χ4n) is 2.90. The molecule has 0 saturated carbocycles. The molecule has 2 N–H and O–H groups in total. The number of hydrogen-bond donors (Lipinski definition) is 2. The van der Waals surface area contributed by atoms with Crippen LogP contribution in [-0.4, -0.2) is 19.2 Å². The first-order valence-electron chi connectivity index (χ1n) is 8.93. The summed E-state index contributed by atoms with van der Waals surface area (Å²) in [5.74, 6) is -0.574. The number of hydrogen-bond acceptors (Lipinski definition) is 5. The molecule has 0 fully saturated rings. The molecule has 0 aromatic heterocycles. The van der Waals surface area contributed by atoms with Crippen LogP contribution in [0, 0.1) is 24.0 Å². The molecule has 30 heavy (non-hydrogen) atoms. The highest BCUT2D eigenvalue weighted by molar-refractivity contribution is 7.92. The van der Waals surface area contributed by atoms with Crippen molar-refractivity contribution in [2.45, 2.75) is 18.7 Å². The Hall–Kier alpha value is -3.72. The average Bonchev–Trinajstić information content (AvgIpc) is 2.70. The van der Waals surface area contributed by atoms with Crippen LogP contribution < -0.4 is 10.0 Å². The summed E-state index contributed by atoms with van der Waals surface area (Å²) in [4.78, 5) is 23.2. The number of nitrogens with zero attached hydrogens (tertiary/aromatic N) is 1. The number of sulfonamides is 1. The summed E-state index contributed by atoms with van der Waals surface area (Å²) in [5, 5.41) is 13.7. The summed E-state index contributed by atoms with van der Waals surface area (Å²) in [5.41, 5.74) is 1.45. The number of para-hydroxylation sites is 1. The second-order valence-electron chi connectivity index (χ2n) is 6.61. The van der Waals surface area contributed by atoms with Crippen LogP contribution >= 0.6 is 0 Å². The molecule has 8 nitrogen and oxygen atoms in total. The smallest absolute Gasteiger partial charge is 0.274 e. The first kappa shape index (κ1) is 21.0. The number of carbonyl (C=O) groups is 1. The standard InChI is InChI=1S/C21H19N3O5S/c1-14-11-12-16(13-20(14)30(28,29)23-17-7-4-3-5-8-17)21(25)22-18-9-6-10-19(15(18)2)24(26)27/h3-13,23H,1-2H3,(H,22,25). The Labute approximate surface area is 173 Å². The molecule has 154 valence electrons. The highest BCUT2D eigenvalue weighted by Crippen LogP contribution is 2.26. The van der Waals surface area contributed by atoms with E-state index in [0.29, 0.717) is 16.8 Å². The summed E-state index contributed by atoms with van der Waals surface area (Å²) < 4.78 is 28.1. The van der Waals surface area contributed by atoms with Crippen molar-refractivity contribution in [2.75, 3.05) is 10.0 Å². The van der Waals surface area contributed by atoms with Crippen molar-refractivity contribution < 1.29 is 18.1 Å². The number of nitro groups is 1. The molecule has 9 heteroatoms. The summed E-state index contributed by atoms with van der Waals surface area (Å²) >= 11 is 0. The normalized spacial score (nSPS) is 11.0. The maximum absolute atomic E-state index is 12.8. The van der Waals surface area contributed by atoms with Gasteiger partial charge in [0.15, 0.2) is 0 Å². The molecule has 3 aromatic rings. The predicted molar refractivity (Wildman–Crippen MR) is 114 cm³/mol. The van der Waals surface area contributed by atoms with Crippen LogP contribution in [0.2, 0.25) is 0 Å². The SMILES string of the molecule is Cc1ccc(C(=O)Nc2cccc([N+](=O)[O-])c2C)cc1S(=O)(=O)Nc1ccccc1. The van der Waals surface area contributed by atoms with Crippen molar-refractivity contribution in [2.24, 2.45) is 0 Å². The average molecular weight is 425 g/mol. The van der Waals surface area contributed by atoms with Crippen LogP contribution in [0.1, 0.15) is 21.5 Å². The zero-order chi connectivity index (χ0) is 21.9. The number of nitro benzene ring substituents is 1. The van der Waals surface area contributed by atoms with Crippen LogP contribution in [0.25, 0.3) is 0 Å². The number of anilines is 2. The lowest BCUT2D eigenvalue weighted by Gasteiger charge is -2.13. The van der Waals surface area contributed by atoms with E-state index in [1.54, 1.807) is 43.3 Å². The molecule has 0 aliphatic carbocycles. The van der Waals surface area contributed by atoms with Crippen LogP contribution in [0.4, 0.5) is 17.1 Å². The first-order chi connectivity index (χ1) is 14.2. The first-order valence-corrected chi connectivity index (χ1v) is 10.4. The lowest BCUT2D eigenvalue weighted by molar-refractivity contribution is -0.385. The maximum Gasteiger partial charge on any atom is 0.274 e. The molecular formula is C21H19N3O5S. The number of nitrogens with one attached hydrogen (secondary N) is 2. The molecule has 0 saturated heterocycles. The van der Waals surface area contributed by atoms with Crippen molar-refractivity contribution in [3.05, 3.63) is 93.5 Å². The summed E-state index contributed by atoms with van der Waals surface area (Å²) in [6.45, 7) is 3.16. The fourth-order valence-corrected chi connectivity index (χ4v) is 4.23. The van der Waals surface area contributed by atoms with E-state index in [9.17, 15) is 23.3 Å². The van der Waals surface area contributed by atoms with E-state index in [0.717, 1.165) is 0 Å². The van der Waals surface area contributed by atoms with Gasteiger partial charge in [-0.15, -0.1) is 0 Å². The van der Waals surface area contributed by atoms with E-state index in [2.05, 4.69) is 10.0 Å². The number of amides is 1. The van der Waals surface area contributed by atoms with Crippen LogP contribution in [0.15, 0.2) is 71.6 Å². The van der Waals surface area contributed by atoms with Gasteiger partial charge < -0.3 is 5.32 Å². The van der Waals surface area contributed by atoms with E-state index in [1.165, 1.54) is 37.3 Å². The summed E-state index contributed by atoms with van der Waals surface area (Å²) in [6, 6.07) is 17.1. The molecule has 3 rings (SSSR count). The van der Waals surface area contributed by atoms with E-state index in [1.807, 2.05) is 0 Å². The van der Waals surface area contributed by atoms with Crippen molar-refractivity contribution >= 4 is 33.0 Å². The Morgan fingerprint density at radius 2 is 1.67 bits per heavy atom. The minimum Gasteiger partial charge on any atom is -0.321 e. The molecule has 0 aliphatic heterocycles. The summed E-state index contributed by atoms with van der Waals surface area (Å²) in [7, 11) is -3.92. The van der Waals surface area contributed by atoms with Gasteiger partial charge in [-0.1, -0.05) is 30.3 Å². The molecule has 1 amide bonds. The van der Waals surface area contributed by atoms with Gasteiger partial charge >= 0.3 is 0 Å². The van der Waals surface area contributed by atoms with Crippen LogP contribution in [0.5, 0.6) is 0 Å². The predicted octanol–water partition coefficient (Wildman–Crippen LogP) is 4.26. The third kappa shape index (κ3) is 4.47. The van der Waals surface area contributed by atoms with Crippen molar-refractivity contribution in [1.29, 1.82) is 0 Å². The molecule has 0 bridgehead atoms. The largest absolute Gasteiger partial charge is 0.321 e. The zero-order valence-corrected chi connectivity index (χ0v) is 17.1. The van der Waals surface area contributed by atoms with E-state index in [-0.39, 0.29) is 21.8 Å². The van der Waals surface area contributed by atoms with Gasteiger partial charge in [-0.3, -0.25) is 19.6 Å². The number of aryl methyl sites for hydroxylation is 1. The Kier molecular flexibility index (Phi) is 5.84. The van der Waals surface area contributed by atoms with Gasteiger partial charge in [-0.2, -0.15) is 0 Å². The molecule has 0 atom stereocenters.